The van der Waals surface area contributed by atoms with Crippen LogP contribution in [0.5, 0.6) is 0 Å². The minimum Gasteiger partial charge on any atom is -0.386 e. The zero-order chi connectivity index (χ0) is 9.14. The highest BCUT2D eigenvalue weighted by Gasteiger charge is 2.18. The van der Waals surface area contributed by atoms with Gasteiger partial charge in [-0.3, -0.25) is 0 Å². The SMILES string of the molecule is CC(C(O)c1cccs1)N(C)C. The summed E-state index contributed by atoms with van der Waals surface area (Å²) in [6, 6.07) is 4.10. The first-order valence-electron chi connectivity index (χ1n) is 4.01. The standard InChI is InChI=1S/C9H15NOS/c1-7(10(2)3)9(11)8-5-4-6-12-8/h4-7,9,11H,1-3H3. The second-order valence-corrected chi connectivity index (χ2v) is 4.14. The summed E-state index contributed by atoms with van der Waals surface area (Å²) in [6.07, 6.45) is -0.361. The fourth-order valence-corrected chi connectivity index (χ4v) is 1.79. The molecular formula is C9H15NOS. The fourth-order valence-electron chi connectivity index (χ4n) is 0.980. The van der Waals surface area contributed by atoms with Gasteiger partial charge in [0.05, 0.1) is 0 Å². The second kappa shape index (κ2) is 4.03. The van der Waals surface area contributed by atoms with E-state index in [1.165, 1.54) is 0 Å². The van der Waals surface area contributed by atoms with Gasteiger partial charge in [-0.1, -0.05) is 6.07 Å². The number of likely N-dealkylation sites (N-methyl/N-ethyl adjacent to an activating group) is 1. The fraction of sp³-hybridized carbons (Fsp3) is 0.556. The van der Waals surface area contributed by atoms with Crippen LogP contribution in [0.15, 0.2) is 17.5 Å². The van der Waals surface area contributed by atoms with E-state index < -0.39 is 0 Å². The highest BCUT2D eigenvalue weighted by Crippen LogP contribution is 2.23. The molecular weight excluding hydrogens is 170 g/mol. The van der Waals surface area contributed by atoms with E-state index in [9.17, 15) is 5.11 Å². The van der Waals surface area contributed by atoms with E-state index in [1.54, 1.807) is 11.3 Å². The van der Waals surface area contributed by atoms with Gasteiger partial charge in [0.15, 0.2) is 0 Å². The van der Waals surface area contributed by atoms with Crippen molar-refractivity contribution in [2.24, 2.45) is 0 Å². The Balaban J connectivity index is 2.65. The largest absolute Gasteiger partial charge is 0.386 e. The van der Waals surface area contributed by atoms with E-state index in [2.05, 4.69) is 0 Å². The number of aliphatic hydroxyl groups excluding tert-OH is 1. The van der Waals surface area contributed by atoms with Crippen molar-refractivity contribution in [3.05, 3.63) is 22.4 Å². The second-order valence-electron chi connectivity index (χ2n) is 3.16. The summed E-state index contributed by atoms with van der Waals surface area (Å²) >= 11 is 1.60. The summed E-state index contributed by atoms with van der Waals surface area (Å²) in [5.74, 6) is 0. The highest BCUT2D eigenvalue weighted by molar-refractivity contribution is 7.10. The van der Waals surface area contributed by atoms with Gasteiger partial charge < -0.3 is 10.0 Å². The minimum atomic E-state index is -0.361. The van der Waals surface area contributed by atoms with Crippen molar-refractivity contribution < 1.29 is 5.11 Å². The monoisotopic (exact) mass is 185 g/mol. The molecule has 2 nitrogen and oxygen atoms in total. The maximum Gasteiger partial charge on any atom is 0.103 e. The third-order valence-corrected chi connectivity index (χ3v) is 3.05. The number of nitrogens with zero attached hydrogens (tertiary/aromatic N) is 1. The Labute approximate surface area is 77.5 Å². The molecule has 0 saturated heterocycles. The average molecular weight is 185 g/mol. The predicted octanol–water partition coefficient (Wildman–Crippen LogP) is 1.73. The lowest BCUT2D eigenvalue weighted by Gasteiger charge is -2.24. The lowest BCUT2D eigenvalue weighted by atomic mass is 10.1. The molecule has 1 aromatic rings. The highest BCUT2D eigenvalue weighted by atomic mass is 32.1. The lowest BCUT2D eigenvalue weighted by Crippen LogP contribution is -2.30. The van der Waals surface area contributed by atoms with E-state index >= 15 is 0 Å². The zero-order valence-corrected chi connectivity index (χ0v) is 8.51. The van der Waals surface area contributed by atoms with Crippen molar-refractivity contribution >= 4 is 11.3 Å². The molecule has 0 aromatic carbocycles. The summed E-state index contributed by atoms with van der Waals surface area (Å²) in [6.45, 7) is 2.02. The first-order chi connectivity index (χ1) is 5.63. The molecule has 2 atom stereocenters. The number of hydrogen-bond acceptors (Lipinski definition) is 3. The van der Waals surface area contributed by atoms with Gasteiger partial charge in [-0.25, -0.2) is 0 Å². The van der Waals surface area contributed by atoms with Crippen molar-refractivity contribution in [1.82, 2.24) is 4.90 Å². The van der Waals surface area contributed by atoms with Crippen molar-refractivity contribution in [2.75, 3.05) is 14.1 Å². The summed E-state index contributed by atoms with van der Waals surface area (Å²) in [5.41, 5.74) is 0. The van der Waals surface area contributed by atoms with Crippen molar-refractivity contribution in [3.8, 4) is 0 Å². The molecule has 0 aliphatic heterocycles. The number of hydrogen-bond donors (Lipinski definition) is 1. The summed E-state index contributed by atoms with van der Waals surface area (Å²) in [5, 5.41) is 11.8. The number of rotatable bonds is 3. The Morgan fingerprint density at radius 1 is 1.50 bits per heavy atom. The molecule has 0 aliphatic rings. The van der Waals surface area contributed by atoms with Gasteiger partial charge in [-0.15, -0.1) is 11.3 Å². The molecule has 0 radical (unpaired) electrons. The van der Waals surface area contributed by atoms with Crippen LogP contribution >= 0.6 is 11.3 Å². The third kappa shape index (κ3) is 2.06. The topological polar surface area (TPSA) is 23.5 Å². The molecule has 1 N–H and O–H groups in total. The summed E-state index contributed by atoms with van der Waals surface area (Å²) in [4.78, 5) is 3.06. The maximum absolute atomic E-state index is 9.82. The van der Waals surface area contributed by atoms with Gasteiger partial charge in [0, 0.05) is 10.9 Å². The Hall–Kier alpha value is -0.380. The van der Waals surface area contributed by atoms with E-state index in [0.29, 0.717) is 0 Å². The van der Waals surface area contributed by atoms with Crippen LogP contribution in [0.2, 0.25) is 0 Å². The molecule has 0 amide bonds. The predicted molar refractivity (Wildman–Crippen MR) is 52.4 cm³/mol. The molecule has 0 spiro atoms. The van der Waals surface area contributed by atoms with Gasteiger partial charge in [0.2, 0.25) is 0 Å². The van der Waals surface area contributed by atoms with Gasteiger partial charge in [-0.2, -0.15) is 0 Å². The summed E-state index contributed by atoms with van der Waals surface area (Å²) < 4.78 is 0. The molecule has 2 unspecified atom stereocenters. The first kappa shape index (κ1) is 9.71. The van der Waals surface area contributed by atoms with Gasteiger partial charge in [0.25, 0.3) is 0 Å². The van der Waals surface area contributed by atoms with Crippen molar-refractivity contribution in [3.63, 3.8) is 0 Å². The van der Waals surface area contributed by atoms with E-state index in [0.717, 1.165) is 4.88 Å². The van der Waals surface area contributed by atoms with Crippen molar-refractivity contribution in [1.29, 1.82) is 0 Å². The smallest absolute Gasteiger partial charge is 0.103 e. The Morgan fingerprint density at radius 2 is 2.17 bits per heavy atom. The van der Waals surface area contributed by atoms with Crippen LogP contribution in [0, 0.1) is 0 Å². The van der Waals surface area contributed by atoms with Gasteiger partial charge >= 0.3 is 0 Å². The Morgan fingerprint density at radius 3 is 2.58 bits per heavy atom. The van der Waals surface area contributed by atoms with Crippen LogP contribution in [0.1, 0.15) is 17.9 Å². The van der Waals surface area contributed by atoms with Crippen molar-refractivity contribution in [2.45, 2.75) is 19.1 Å². The normalized spacial score (nSPS) is 16.4. The van der Waals surface area contributed by atoms with Crippen LogP contribution < -0.4 is 0 Å². The molecule has 0 saturated carbocycles. The molecule has 12 heavy (non-hydrogen) atoms. The molecule has 1 rings (SSSR count). The van der Waals surface area contributed by atoms with Gasteiger partial charge in [-0.05, 0) is 32.5 Å². The Kier molecular flexibility index (Phi) is 3.26. The quantitative estimate of drug-likeness (QED) is 0.775. The van der Waals surface area contributed by atoms with Crippen LogP contribution in [-0.4, -0.2) is 30.1 Å². The minimum absolute atomic E-state index is 0.170. The average Bonchev–Trinajstić information content (AvgIpc) is 2.53. The van der Waals surface area contributed by atoms with E-state index in [-0.39, 0.29) is 12.1 Å². The lowest BCUT2D eigenvalue weighted by molar-refractivity contribution is 0.0887. The maximum atomic E-state index is 9.82. The van der Waals surface area contributed by atoms with Crippen LogP contribution in [-0.2, 0) is 0 Å². The molecule has 68 valence electrons. The van der Waals surface area contributed by atoms with E-state index in [4.69, 9.17) is 0 Å². The molecule has 0 bridgehead atoms. The Bertz CT molecular complexity index is 220. The molecule has 0 aliphatic carbocycles. The molecule has 1 aromatic heterocycles. The number of aliphatic hydroxyl groups is 1. The molecule has 1 heterocycles. The zero-order valence-electron chi connectivity index (χ0n) is 7.69. The van der Waals surface area contributed by atoms with Gasteiger partial charge in [0.1, 0.15) is 6.10 Å². The van der Waals surface area contributed by atoms with Crippen LogP contribution in [0.3, 0.4) is 0 Å². The third-order valence-electron chi connectivity index (χ3n) is 2.11. The molecule has 3 heteroatoms. The number of thiophene rings is 1. The summed E-state index contributed by atoms with van der Waals surface area (Å²) in [7, 11) is 3.95. The first-order valence-corrected chi connectivity index (χ1v) is 4.89. The van der Waals surface area contributed by atoms with Crippen LogP contribution in [0.4, 0.5) is 0 Å². The van der Waals surface area contributed by atoms with Crippen LogP contribution in [0.25, 0.3) is 0 Å². The van der Waals surface area contributed by atoms with E-state index in [1.807, 2.05) is 43.4 Å². The molecule has 0 fully saturated rings.